The van der Waals surface area contributed by atoms with E-state index in [1.165, 1.54) is 0 Å². The van der Waals surface area contributed by atoms with Gasteiger partial charge in [-0.2, -0.15) is 0 Å². The third-order valence-corrected chi connectivity index (χ3v) is 16.0. The van der Waals surface area contributed by atoms with Crippen molar-refractivity contribution in [3.05, 3.63) is 224 Å². The van der Waals surface area contributed by atoms with Crippen LogP contribution < -0.4 is 39.2 Å². The van der Waals surface area contributed by atoms with E-state index in [4.69, 9.17) is 4.98 Å². The van der Waals surface area contributed by atoms with Crippen LogP contribution in [0.25, 0.3) is 22.4 Å². The molecule has 10 aromatic carbocycles. The molecule has 0 spiro atoms. The molecule has 0 radical (unpaired) electrons. The topological polar surface area (TPSA) is 43.7 Å². The molecule has 0 bridgehead atoms. The molecule has 366 valence electrons. The van der Waals surface area contributed by atoms with Crippen LogP contribution in [0.1, 0.15) is 0 Å². The third-order valence-electron chi connectivity index (χ3n) is 16.0. The molecule has 0 N–H and O–H groups in total. The van der Waals surface area contributed by atoms with E-state index in [0.717, 1.165) is 136 Å². The van der Waals surface area contributed by atoms with Crippen molar-refractivity contribution in [1.82, 2.24) is 9.55 Å². The predicted octanol–water partition coefficient (Wildman–Crippen LogP) is 17.4. The lowest BCUT2D eigenvalue weighted by molar-refractivity contribution is 0.957. The van der Waals surface area contributed by atoms with E-state index in [0.29, 0.717) is 0 Å². The fourth-order valence-corrected chi connectivity index (χ4v) is 12.5. The van der Waals surface area contributed by atoms with Crippen molar-refractivity contribution in [2.45, 2.75) is 0 Å². The Morgan fingerprint density at radius 3 is 0.842 bits per heavy atom. The van der Waals surface area contributed by atoms with Crippen molar-refractivity contribution in [3.63, 3.8) is 0 Å². The number of imidazole rings is 1. The molecule has 0 unspecified atom stereocenters. The number of aromatic nitrogens is 2. The summed E-state index contributed by atoms with van der Waals surface area (Å²) >= 11 is 0. The fraction of sp³-hybridized carbons (Fsp3) is 0.0758. The number of hydrogen-bond acceptors (Lipinski definition) is 9. The van der Waals surface area contributed by atoms with Crippen LogP contribution in [0.5, 0.6) is 0 Å². The van der Waals surface area contributed by atoms with Crippen LogP contribution in [0.3, 0.4) is 0 Å². The van der Waals surface area contributed by atoms with Gasteiger partial charge in [-0.3, -0.25) is 0 Å². The van der Waals surface area contributed by atoms with Gasteiger partial charge in [0.25, 0.3) is 0 Å². The molecule has 0 fully saturated rings. The van der Waals surface area contributed by atoms with Gasteiger partial charge in [0.05, 0.1) is 130 Å². The summed E-state index contributed by atoms with van der Waals surface area (Å²) in [5.74, 6) is 0.830. The molecule has 1 aromatic heterocycles. The smallest absolute Gasteiger partial charge is 0.145 e. The van der Waals surface area contributed by atoms with Crippen LogP contribution in [0.2, 0.25) is 0 Å². The normalized spacial score (nSPS) is 13.9. The Morgan fingerprint density at radius 1 is 0.250 bits per heavy atom. The summed E-state index contributed by atoms with van der Waals surface area (Å²) in [6.07, 6.45) is 0. The Hall–Kier alpha value is -9.93. The summed E-state index contributed by atoms with van der Waals surface area (Å²) in [6.45, 7) is 0. The average Bonchev–Trinajstić information content (AvgIpc) is 3.97. The van der Waals surface area contributed by atoms with Crippen molar-refractivity contribution in [1.29, 1.82) is 0 Å². The summed E-state index contributed by atoms with van der Waals surface area (Å²) in [6, 6.07) is 81.7. The molecule has 0 atom stereocenters. The first kappa shape index (κ1) is 43.6. The Bertz CT molecular complexity index is 3990. The van der Waals surface area contributed by atoms with E-state index < -0.39 is 0 Å². The molecular weight excluding hydrogens is 933 g/mol. The fourth-order valence-electron chi connectivity index (χ4n) is 12.5. The Labute approximate surface area is 442 Å². The highest BCUT2D eigenvalue weighted by Crippen LogP contribution is 2.67. The lowest BCUT2D eigenvalue weighted by atomic mass is 9.94. The van der Waals surface area contributed by atoms with Gasteiger partial charge in [-0.25, -0.2) is 4.98 Å². The quantitative estimate of drug-likeness (QED) is 0.168. The van der Waals surface area contributed by atoms with Crippen molar-refractivity contribution >= 4 is 125 Å². The van der Waals surface area contributed by atoms with Crippen LogP contribution >= 0.6 is 0 Å². The molecule has 0 aliphatic carbocycles. The predicted molar refractivity (Wildman–Crippen MR) is 317 cm³/mol. The zero-order valence-corrected chi connectivity index (χ0v) is 42.8. The van der Waals surface area contributed by atoms with Crippen molar-refractivity contribution in [3.8, 4) is 11.4 Å². The molecule has 0 saturated heterocycles. The molecule has 10 heteroatoms. The molecular formula is C66H52N10. The standard InChI is InChI=1S/C66H52N10/c1-68-45-26-8-16-34-53(45)73(54-35-17-9-27-46(54)68)61-42-62(74-55-36-18-10-28-47(55)69(2)48-29-11-19-37-56(48)74)64(75-57-38-20-12-30-49(57)70(3)50-31-13-21-39-58(50)75)65(63(61)66-67-43-24-6-7-25-44(43)72(66)5)76-59-40-22-14-32-51(59)71(4)52-33-15-23-41-60(52)76/h6-42H,1-5H3. The first-order valence-corrected chi connectivity index (χ1v) is 25.9. The number of nitrogens with zero attached hydrogens (tertiary/aromatic N) is 10. The largest absolute Gasteiger partial charge is 0.341 e. The maximum atomic E-state index is 5.80. The molecule has 11 aromatic rings. The average molecular weight is 985 g/mol. The van der Waals surface area contributed by atoms with Gasteiger partial charge in [-0.1, -0.05) is 109 Å². The van der Waals surface area contributed by atoms with E-state index in [1.807, 2.05) is 0 Å². The van der Waals surface area contributed by atoms with Gasteiger partial charge < -0.3 is 43.8 Å². The molecule has 5 heterocycles. The second kappa shape index (κ2) is 16.5. The second-order valence-corrected chi connectivity index (χ2v) is 20.0. The number of para-hydroxylation sites is 18. The monoisotopic (exact) mass is 984 g/mol. The van der Waals surface area contributed by atoms with E-state index in [1.54, 1.807) is 0 Å². The van der Waals surface area contributed by atoms with Crippen LogP contribution in [0.4, 0.5) is 114 Å². The Balaban J connectivity index is 1.23. The molecule has 4 aliphatic rings. The number of aryl methyl sites for hydroxylation is 1. The first-order valence-electron chi connectivity index (χ1n) is 25.9. The van der Waals surface area contributed by atoms with Crippen LogP contribution in [0, 0.1) is 0 Å². The second-order valence-electron chi connectivity index (χ2n) is 20.0. The molecule has 0 amide bonds. The van der Waals surface area contributed by atoms with Gasteiger partial charge in [-0.05, 0) is 115 Å². The lowest BCUT2D eigenvalue weighted by Crippen LogP contribution is -2.31. The van der Waals surface area contributed by atoms with Gasteiger partial charge in [0.2, 0.25) is 0 Å². The molecule has 4 aliphatic heterocycles. The van der Waals surface area contributed by atoms with Gasteiger partial charge in [0.1, 0.15) is 5.82 Å². The zero-order valence-electron chi connectivity index (χ0n) is 42.8. The third kappa shape index (κ3) is 6.06. The summed E-state index contributed by atoms with van der Waals surface area (Å²) in [5.41, 5.74) is 24.0. The highest BCUT2D eigenvalue weighted by atomic mass is 15.4. The Kier molecular flexibility index (Phi) is 9.50. The summed E-state index contributed by atoms with van der Waals surface area (Å²) in [4.78, 5) is 25.2. The first-order chi connectivity index (χ1) is 37.4. The number of hydrogen-bond donors (Lipinski definition) is 0. The zero-order chi connectivity index (χ0) is 50.9. The summed E-state index contributed by atoms with van der Waals surface area (Å²) < 4.78 is 2.30. The van der Waals surface area contributed by atoms with Gasteiger partial charge in [0, 0.05) is 35.2 Å². The van der Waals surface area contributed by atoms with Crippen molar-refractivity contribution < 1.29 is 0 Å². The molecule has 10 nitrogen and oxygen atoms in total. The number of fused-ring (bicyclic) bond motifs is 9. The van der Waals surface area contributed by atoms with Gasteiger partial charge >= 0.3 is 0 Å². The summed E-state index contributed by atoms with van der Waals surface area (Å²) in [7, 11) is 10.9. The minimum absolute atomic E-state index is 0.830. The molecule has 15 rings (SSSR count). The van der Waals surface area contributed by atoms with E-state index in [2.05, 4.69) is 303 Å². The molecule has 0 saturated carbocycles. The van der Waals surface area contributed by atoms with Crippen molar-refractivity contribution in [2.24, 2.45) is 7.05 Å². The SMILES string of the molecule is CN1c2ccccc2N(c2cc(N3c4ccccc4N(C)c4ccccc43)c(N3c4ccccc4N(C)c4ccccc43)c(N3c4ccccc4N(C)c4ccccc43)c2-c2nc3ccccc3n2C)c2ccccc21. The van der Waals surface area contributed by atoms with Crippen LogP contribution in [-0.4, -0.2) is 37.7 Å². The van der Waals surface area contributed by atoms with E-state index in [-0.39, 0.29) is 0 Å². The number of rotatable bonds is 5. The van der Waals surface area contributed by atoms with Gasteiger partial charge in [-0.15, -0.1) is 0 Å². The number of anilines is 20. The highest BCUT2D eigenvalue weighted by Gasteiger charge is 2.43. The highest BCUT2D eigenvalue weighted by molar-refractivity contribution is 6.18. The van der Waals surface area contributed by atoms with Gasteiger partial charge in [0.15, 0.2) is 0 Å². The Morgan fingerprint density at radius 2 is 0.513 bits per heavy atom. The minimum atomic E-state index is 0.830. The minimum Gasteiger partial charge on any atom is -0.341 e. The van der Waals surface area contributed by atoms with E-state index in [9.17, 15) is 0 Å². The van der Waals surface area contributed by atoms with Crippen LogP contribution in [-0.2, 0) is 7.05 Å². The van der Waals surface area contributed by atoms with Crippen LogP contribution in [0.15, 0.2) is 224 Å². The molecule has 76 heavy (non-hydrogen) atoms. The van der Waals surface area contributed by atoms with E-state index >= 15 is 0 Å². The maximum Gasteiger partial charge on any atom is 0.145 e. The van der Waals surface area contributed by atoms with Crippen molar-refractivity contribution in [2.75, 3.05) is 67.4 Å². The maximum absolute atomic E-state index is 5.80. The summed E-state index contributed by atoms with van der Waals surface area (Å²) in [5, 5.41) is 0. The lowest BCUT2D eigenvalue weighted by Gasteiger charge is -2.47. The number of benzene rings is 10.